The molecule has 0 saturated heterocycles. The highest BCUT2D eigenvalue weighted by molar-refractivity contribution is 5.67. The van der Waals surface area contributed by atoms with E-state index in [0.717, 1.165) is 32.1 Å². The van der Waals surface area contributed by atoms with E-state index in [9.17, 15) is 29.4 Å². The van der Waals surface area contributed by atoms with Crippen molar-refractivity contribution in [1.82, 2.24) is 0 Å². The fourth-order valence-corrected chi connectivity index (χ4v) is 12.9. The zero-order chi connectivity index (χ0) is 36.0. The molecule has 272 valence electrons. The van der Waals surface area contributed by atoms with Crippen molar-refractivity contribution in [3.63, 3.8) is 0 Å². The van der Waals surface area contributed by atoms with Gasteiger partial charge in [-0.2, -0.15) is 0 Å². The van der Waals surface area contributed by atoms with E-state index < -0.39 is 29.9 Å². The Morgan fingerprint density at radius 2 is 1.40 bits per heavy atom. The Hall–Kier alpha value is -2.20. The first kappa shape index (κ1) is 37.1. The first-order valence-corrected chi connectivity index (χ1v) is 18.1. The lowest BCUT2D eigenvalue weighted by atomic mass is 9.41. The van der Waals surface area contributed by atoms with Gasteiger partial charge in [-0.25, -0.2) is 0 Å². The third kappa shape index (κ3) is 5.59. The van der Waals surface area contributed by atoms with Gasteiger partial charge in [-0.3, -0.25) is 19.2 Å². The Labute approximate surface area is 286 Å². The van der Waals surface area contributed by atoms with Crippen molar-refractivity contribution in [2.75, 3.05) is 0 Å². The van der Waals surface area contributed by atoms with Crippen LogP contribution in [0.2, 0.25) is 0 Å². The second-order valence-corrected chi connectivity index (χ2v) is 18.0. The minimum atomic E-state index is -1.49. The maximum Gasteiger partial charge on any atom is 0.302 e. The van der Waals surface area contributed by atoms with Crippen LogP contribution in [0, 0.1) is 50.7 Å². The van der Waals surface area contributed by atoms with Gasteiger partial charge in [-0.05, 0) is 98.7 Å². The van der Waals surface area contributed by atoms with E-state index >= 15 is 0 Å². The van der Waals surface area contributed by atoms with Gasteiger partial charge >= 0.3 is 23.9 Å². The summed E-state index contributed by atoms with van der Waals surface area (Å²) in [5.41, 5.74) is -2.45. The van der Waals surface area contributed by atoms with E-state index in [4.69, 9.17) is 18.9 Å². The lowest BCUT2D eigenvalue weighted by Crippen LogP contribution is -2.62. The number of ether oxygens (including phenoxy) is 4. The van der Waals surface area contributed by atoms with E-state index in [1.54, 1.807) is 0 Å². The van der Waals surface area contributed by atoms with Crippen LogP contribution in [-0.4, -0.2) is 70.2 Å². The molecular formula is C38H60O10. The molecule has 0 aromatic carbocycles. The molecule has 0 bridgehead atoms. The Morgan fingerprint density at radius 1 is 0.812 bits per heavy atom. The van der Waals surface area contributed by atoms with Crippen molar-refractivity contribution in [3.05, 3.63) is 0 Å². The number of aliphatic hydroxyl groups excluding tert-OH is 1. The third-order valence-electron chi connectivity index (χ3n) is 14.6. The fraction of sp³-hybridized carbons (Fsp3) is 0.895. The summed E-state index contributed by atoms with van der Waals surface area (Å²) in [6.07, 6.45) is 3.05. The SMILES string of the molecule is CC(=O)OC(CC(C)C1C(OC(C)=O)CC2(C)C3CC(OC(C)=O)C4C(C)(C)C(OC(C)=O)CCC45CC35CCC12C)C(O)C(C)(C)O. The zero-order valence-corrected chi connectivity index (χ0v) is 31.0. The monoisotopic (exact) mass is 676 g/mol. The van der Waals surface area contributed by atoms with Crippen LogP contribution in [-0.2, 0) is 38.1 Å². The minimum absolute atomic E-state index is 0.0390. The van der Waals surface area contributed by atoms with E-state index in [1.807, 2.05) is 0 Å². The number of hydrogen-bond donors (Lipinski definition) is 2. The number of carbonyl (C=O) groups is 4. The summed E-state index contributed by atoms with van der Waals surface area (Å²) in [4.78, 5) is 49.6. The van der Waals surface area contributed by atoms with Gasteiger partial charge in [-0.1, -0.05) is 34.6 Å². The Morgan fingerprint density at radius 3 is 1.94 bits per heavy atom. The molecule has 10 nitrogen and oxygen atoms in total. The molecule has 13 unspecified atom stereocenters. The van der Waals surface area contributed by atoms with Gasteiger partial charge in [0.25, 0.3) is 0 Å². The molecule has 5 aliphatic rings. The first-order chi connectivity index (χ1) is 22.0. The second kappa shape index (κ2) is 12.0. The quantitative estimate of drug-likeness (QED) is 0.236. The molecule has 0 aliphatic heterocycles. The maximum atomic E-state index is 12.7. The van der Waals surface area contributed by atoms with Crippen molar-refractivity contribution in [2.45, 2.75) is 164 Å². The van der Waals surface area contributed by atoms with Crippen molar-refractivity contribution in [3.8, 4) is 0 Å². The number of carbonyl (C=O) groups excluding carboxylic acids is 4. The predicted octanol–water partition coefficient (Wildman–Crippen LogP) is 5.53. The molecule has 0 aromatic heterocycles. The molecule has 0 aromatic rings. The van der Waals surface area contributed by atoms with Crippen LogP contribution in [0.4, 0.5) is 0 Å². The summed E-state index contributed by atoms with van der Waals surface area (Å²) in [6.45, 7) is 19.8. The molecule has 0 heterocycles. The van der Waals surface area contributed by atoms with E-state index in [1.165, 1.54) is 41.5 Å². The number of aliphatic hydroxyl groups is 2. The summed E-state index contributed by atoms with van der Waals surface area (Å²) in [6, 6.07) is 0. The molecule has 10 heteroatoms. The van der Waals surface area contributed by atoms with Crippen LogP contribution in [0.25, 0.3) is 0 Å². The van der Waals surface area contributed by atoms with Gasteiger partial charge in [0.2, 0.25) is 0 Å². The number of fused-ring (bicyclic) bond motifs is 2. The normalized spacial score (nSPS) is 42.8. The molecular weight excluding hydrogens is 616 g/mol. The van der Waals surface area contributed by atoms with Crippen molar-refractivity contribution in [2.24, 2.45) is 50.7 Å². The van der Waals surface area contributed by atoms with E-state index in [-0.39, 0.29) is 80.9 Å². The number of rotatable bonds is 9. The van der Waals surface area contributed by atoms with Crippen LogP contribution in [0.5, 0.6) is 0 Å². The van der Waals surface area contributed by atoms with Crippen LogP contribution in [0.15, 0.2) is 0 Å². The summed E-state index contributed by atoms with van der Waals surface area (Å²) in [5, 5.41) is 21.7. The Balaban J connectivity index is 1.54. The summed E-state index contributed by atoms with van der Waals surface area (Å²) in [5.74, 6) is -1.48. The largest absolute Gasteiger partial charge is 0.462 e. The Kier molecular flexibility index (Phi) is 9.23. The zero-order valence-electron chi connectivity index (χ0n) is 31.0. The highest BCUT2D eigenvalue weighted by atomic mass is 16.6. The van der Waals surface area contributed by atoms with Crippen LogP contribution < -0.4 is 0 Å². The number of esters is 4. The molecule has 0 radical (unpaired) electrons. The fourth-order valence-electron chi connectivity index (χ4n) is 12.9. The molecule has 13 atom stereocenters. The average molecular weight is 677 g/mol. The van der Waals surface area contributed by atoms with Crippen molar-refractivity contribution < 1.29 is 48.3 Å². The minimum Gasteiger partial charge on any atom is -0.462 e. The Bertz CT molecular complexity index is 1320. The molecule has 5 fully saturated rings. The van der Waals surface area contributed by atoms with Gasteiger partial charge in [0.1, 0.15) is 30.5 Å². The molecule has 48 heavy (non-hydrogen) atoms. The third-order valence-corrected chi connectivity index (χ3v) is 14.6. The van der Waals surface area contributed by atoms with Gasteiger partial charge in [0.15, 0.2) is 0 Å². The molecule has 0 amide bonds. The van der Waals surface area contributed by atoms with Gasteiger partial charge in [0.05, 0.1) is 5.60 Å². The lowest BCUT2D eigenvalue weighted by Gasteiger charge is -2.64. The molecule has 2 N–H and O–H groups in total. The van der Waals surface area contributed by atoms with Crippen LogP contribution in [0.1, 0.15) is 128 Å². The molecule has 2 spiro atoms. The summed E-state index contributed by atoms with van der Waals surface area (Å²) < 4.78 is 24.0. The highest BCUT2D eigenvalue weighted by Gasteiger charge is 2.85. The van der Waals surface area contributed by atoms with E-state index in [2.05, 4.69) is 34.6 Å². The highest BCUT2D eigenvalue weighted by Crippen LogP contribution is 2.89. The van der Waals surface area contributed by atoms with Crippen LogP contribution in [0.3, 0.4) is 0 Å². The predicted molar refractivity (Wildman–Crippen MR) is 176 cm³/mol. The number of hydrogen-bond acceptors (Lipinski definition) is 10. The van der Waals surface area contributed by atoms with Gasteiger partial charge in [0, 0.05) is 44.9 Å². The second-order valence-electron chi connectivity index (χ2n) is 18.0. The van der Waals surface area contributed by atoms with Crippen molar-refractivity contribution >= 4 is 23.9 Å². The molecule has 5 aliphatic carbocycles. The summed E-state index contributed by atoms with van der Waals surface area (Å²) in [7, 11) is 0. The summed E-state index contributed by atoms with van der Waals surface area (Å²) >= 11 is 0. The van der Waals surface area contributed by atoms with E-state index in [0.29, 0.717) is 19.3 Å². The van der Waals surface area contributed by atoms with Crippen molar-refractivity contribution in [1.29, 1.82) is 0 Å². The first-order valence-electron chi connectivity index (χ1n) is 18.1. The topological polar surface area (TPSA) is 146 Å². The molecule has 5 rings (SSSR count). The average Bonchev–Trinajstić information content (AvgIpc) is 3.51. The standard InChI is InChI=1S/C38H60O10/c1-20(16-26(46-22(3)40)32(43)34(8,9)44)30-27(47-23(4)41)18-36(11)28-17-25(45-21(2)39)31-33(6,7)29(48-24(5)42)12-13-38(31)19-37(28,38)15-14-35(30,36)10/h20,25-32,43-44H,12-19H2,1-11H3. The smallest absolute Gasteiger partial charge is 0.302 e. The van der Waals surface area contributed by atoms with Gasteiger partial charge < -0.3 is 29.2 Å². The molecule has 5 saturated carbocycles. The maximum absolute atomic E-state index is 12.7. The lowest BCUT2D eigenvalue weighted by molar-refractivity contribution is -0.217. The van der Waals surface area contributed by atoms with Crippen LogP contribution >= 0.6 is 0 Å². The van der Waals surface area contributed by atoms with Gasteiger partial charge in [-0.15, -0.1) is 0 Å².